The van der Waals surface area contributed by atoms with Gasteiger partial charge in [-0.2, -0.15) is 0 Å². The van der Waals surface area contributed by atoms with Crippen LogP contribution in [-0.2, 0) is 24.1 Å². The molecule has 2 aromatic heterocycles. The lowest BCUT2D eigenvalue weighted by atomic mass is 10.1. The van der Waals surface area contributed by atoms with Crippen molar-refractivity contribution in [3.05, 3.63) is 58.4 Å². The minimum atomic E-state index is -0.347. The van der Waals surface area contributed by atoms with Crippen LogP contribution >= 0.6 is 11.3 Å². The van der Waals surface area contributed by atoms with Gasteiger partial charge in [0, 0.05) is 24.2 Å². The SMILES string of the molecule is CCOC(=O)c1nc2sccn2c1CNC1Cc2ccccc2C1. The van der Waals surface area contributed by atoms with E-state index in [0.717, 1.165) is 23.5 Å². The lowest BCUT2D eigenvalue weighted by Crippen LogP contribution is -2.30. The number of carbonyl (C=O) groups is 1. The summed E-state index contributed by atoms with van der Waals surface area (Å²) in [5.74, 6) is -0.347. The summed E-state index contributed by atoms with van der Waals surface area (Å²) in [6, 6.07) is 8.95. The summed E-state index contributed by atoms with van der Waals surface area (Å²) in [5.41, 5.74) is 4.12. The maximum Gasteiger partial charge on any atom is 0.358 e. The summed E-state index contributed by atoms with van der Waals surface area (Å²) >= 11 is 1.52. The first kappa shape index (κ1) is 15.4. The molecule has 0 bridgehead atoms. The molecule has 0 fully saturated rings. The fourth-order valence-corrected chi connectivity index (χ4v) is 4.04. The largest absolute Gasteiger partial charge is 0.461 e. The molecule has 0 atom stereocenters. The molecule has 24 heavy (non-hydrogen) atoms. The van der Waals surface area contributed by atoms with Crippen LogP contribution < -0.4 is 5.32 Å². The highest BCUT2D eigenvalue weighted by atomic mass is 32.1. The minimum Gasteiger partial charge on any atom is -0.461 e. The zero-order chi connectivity index (χ0) is 16.5. The Bertz CT molecular complexity index is 858. The summed E-state index contributed by atoms with van der Waals surface area (Å²) in [5, 5.41) is 5.56. The number of fused-ring (bicyclic) bond motifs is 2. The quantitative estimate of drug-likeness (QED) is 0.725. The normalized spacial score (nSPS) is 14.2. The van der Waals surface area contributed by atoms with E-state index in [4.69, 9.17) is 4.74 Å². The fraction of sp³-hybridized carbons (Fsp3) is 0.333. The first-order valence-electron chi connectivity index (χ1n) is 8.18. The van der Waals surface area contributed by atoms with Gasteiger partial charge < -0.3 is 10.1 Å². The highest BCUT2D eigenvalue weighted by Crippen LogP contribution is 2.23. The second-order valence-corrected chi connectivity index (χ2v) is 6.81. The van der Waals surface area contributed by atoms with Crippen LogP contribution in [0.25, 0.3) is 4.96 Å². The molecule has 5 nitrogen and oxygen atoms in total. The number of hydrogen-bond acceptors (Lipinski definition) is 5. The lowest BCUT2D eigenvalue weighted by molar-refractivity contribution is 0.0518. The van der Waals surface area contributed by atoms with E-state index >= 15 is 0 Å². The molecule has 6 heteroatoms. The number of nitrogens with one attached hydrogen (secondary N) is 1. The highest BCUT2D eigenvalue weighted by molar-refractivity contribution is 7.15. The van der Waals surface area contributed by atoms with Crippen LogP contribution in [0.2, 0.25) is 0 Å². The number of aromatic nitrogens is 2. The van der Waals surface area contributed by atoms with Crippen LogP contribution in [0.4, 0.5) is 0 Å². The van der Waals surface area contributed by atoms with E-state index in [1.807, 2.05) is 22.9 Å². The van der Waals surface area contributed by atoms with E-state index in [1.54, 1.807) is 0 Å². The van der Waals surface area contributed by atoms with E-state index in [9.17, 15) is 4.79 Å². The molecule has 1 aromatic carbocycles. The number of benzene rings is 1. The predicted octanol–water partition coefficient (Wildman–Crippen LogP) is 2.83. The molecule has 4 rings (SSSR count). The smallest absolute Gasteiger partial charge is 0.358 e. The Morgan fingerprint density at radius 2 is 2.12 bits per heavy atom. The van der Waals surface area contributed by atoms with Gasteiger partial charge in [0.2, 0.25) is 0 Å². The van der Waals surface area contributed by atoms with Gasteiger partial charge >= 0.3 is 5.97 Å². The van der Waals surface area contributed by atoms with Crippen molar-refractivity contribution in [2.75, 3.05) is 6.61 Å². The Balaban J connectivity index is 1.53. The van der Waals surface area contributed by atoms with Gasteiger partial charge in [-0.1, -0.05) is 24.3 Å². The number of carbonyl (C=O) groups excluding carboxylic acids is 1. The summed E-state index contributed by atoms with van der Waals surface area (Å²) < 4.78 is 7.13. The Morgan fingerprint density at radius 3 is 2.83 bits per heavy atom. The van der Waals surface area contributed by atoms with Gasteiger partial charge in [-0.15, -0.1) is 11.3 Å². The molecule has 0 unspecified atom stereocenters. The summed E-state index contributed by atoms with van der Waals surface area (Å²) in [6.45, 7) is 2.77. The summed E-state index contributed by atoms with van der Waals surface area (Å²) in [4.78, 5) is 17.5. The van der Waals surface area contributed by atoms with Gasteiger partial charge in [0.25, 0.3) is 0 Å². The van der Waals surface area contributed by atoms with Crippen molar-refractivity contribution in [1.29, 1.82) is 0 Å². The highest BCUT2D eigenvalue weighted by Gasteiger charge is 2.24. The number of esters is 1. The first-order valence-corrected chi connectivity index (χ1v) is 9.06. The lowest BCUT2D eigenvalue weighted by Gasteiger charge is -2.12. The number of hydrogen-bond donors (Lipinski definition) is 1. The molecule has 0 saturated heterocycles. The maximum absolute atomic E-state index is 12.2. The van der Waals surface area contributed by atoms with Crippen molar-refractivity contribution < 1.29 is 9.53 Å². The molecule has 0 aliphatic heterocycles. The van der Waals surface area contributed by atoms with Crippen LogP contribution in [0, 0.1) is 0 Å². The van der Waals surface area contributed by atoms with Gasteiger partial charge in [0.15, 0.2) is 10.7 Å². The summed E-state index contributed by atoms with van der Waals surface area (Å²) in [7, 11) is 0. The van der Waals surface area contributed by atoms with E-state index < -0.39 is 0 Å². The van der Waals surface area contributed by atoms with Crippen molar-refractivity contribution in [3.63, 3.8) is 0 Å². The van der Waals surface area contributed by atoms with Gasteiger partial charge in [-0.25, -0.2) is 9.78 Å². The average molecular weight is 341 g/mol. The van der Waals surface area contributed by atoms with Crippen LogP contribution in [0.1, 0.15) is 34.2 Å². The Hall–Kier alpha value is -2.18. The number of nitrogens with zero attached hydrogens (tertiary/aromatic N) is 2. The number of ether oxygens (including phenoxy) is 1. The van der Waals surface area contributed by atoms with Crippen molar-refractivity contribution in [2.45, 2.75) is 32.4 Å². The minimum absolute atomic E-state index is 0.347. The third-order valence-electron chi connectivity index (χ3n) is 4.44. The molecule has 3 aromatic rings. The Labute approximate surface area is 144 Å². The fourth-order valence-electron chi connectivity index (χ4n) is 3.31. The van der Waals surface area contributed by atoms with Gasteiger partial charge in [-0.3, -0.25) is 4.40 Å². The molecule has 0 saturated carbocycles. The van der Waals surface area contributed by atoms with Crippen LogP contribution in [0.15, 0.2) is 35.8 Å². The number of thiazole rings is 1. The second kappa shape index (κ2) is 6.37. The zero-order valence-corrected chi connectivity index (χ0v) is 14.3. The third-order valence-corrected chi connectivity index (χ3v) is 5.20. The summed E-state index contributed by atoms with van der Waals surface area (Å²) in [6.07, 6.45) is 4.00. The monoisotopic (exact) mass is 341 g/mol. The van der Waals surface area contributed by atoms with Crippen molar-refractivity contribution in [3.8, 4) is 0 Å². The van der Waals surface area contributed by atoms with E-state index in [-0.39, 0.29) is 5.97 Å². The molecular formula is C18H19N3O2S. The predicted molar refractivity (Wildman–Crippen MR) is 93.5 cm³/mol. The molecule has 1 N–H and O–H groups in total. The number of imidazole rings is 1. The first-order chi connectivity index (χ1) is 11.8. The van der Waals surface area contributed by atoms with Crippen LogP contribution in [0.3, 0.4) is 0 Å². The molecule has 1 aliphatic carbocycles. The molecule has 2 heterocycles. The topological polar surface area (TPSA) is 55.6 Å². The molecular weight excluding hydrogens is 322 g/mol. The molecule has 124 valence electrons. The van der Waals surface area contributed by atoms with E-state index in [0.29, 0.717) is 24.9 Å². The second-order valence-electron chi connectivity index (χ2n) is 5.94. The third kappa shape index (κ3) is 2.72. The molecule has 0 spiro atoms. The van der Waals surface area contributed by atoms with Crippen molar-refractivity contribution >= 4 is 22.3 Å². The van der Waals surface area contributed by atoms with E-state index in [1.165, 1.54) is 22.5 Å². The van der Waals surface area contributed by atoms with Gasteiger partial charge in [-0.05, 0) is 30.9 Å². The van der Waals surface area contributed by atoms with Crippen LogP contribution in [-0.4, -0.2) is 28.0 Å². The van der Waals surface area contributed by atoms with Crippen molar-refractivity contribution in [2.24, 2.45) is 0 Å². The maximum atomic E-state index is 12.2. The Morgan fingerprint density at radius 1 is 1.38 bits per heavy atom. The number of rotatable bonds is 5. The van der Waals surface area contributed by atoms with E-state index in [2.05, 4.69) is 34.6 Å². The molecule has 1 aliphatic rings. The van der Waals surface area contributed by atoms with Crippen LogP contribution in [0.5, 0.6) is 0 Å². The zero-order valence-electron chi connectivity index (χ0n) is 13.5. The van der Waals surface area contributed by atoms with Gasteiger partial charge in [0.05, 0.1) is 12.3 Å². The molecule has 0 radical (unpaired) electrons. The average Bonchev–Trinajstić information content (AvgIpc) is 3.26. The Kier molecular flexibility index (Phi) is 4.08. The molecule has 0 amide bonds. The van der Waals surface area contributed by atoms with Crippen molar-refractivity contribution in [1.82, 2.24) is 14.7 Å². The van der Waals surface area contributed by atoms with Gasteiger partial charge in [0.1, 0.15) is 0 Å². The standard InChI is InChI=1S/C18H19N3O2S/c1-2-23-17(22)16-15(21-7-8-24-18(21)20-16)11-19-14-9-12-5-3-4-6-13(12)10-14/h3-8,14,19H,2,9-11H2,1H3.